The Morgan fingerprint density at radius 1 is 1.32 bits per heavy atom. The predicted octanol–water partition coefficient (Wildman–Crippen LogP) is 1.17. The molecule has 2 rings (SSSR count). The number of hydrogen-bond acceptors (Lipinski definition) is 3. The van der Waals surface area contributed by atoms with Gasteiger partial charge in [0.05, 0.1) is 5.92 Å². The Hall–Kier alpha value is -2.04. The second-order valence-electron chi connectivity index (χ2n) is 4.62. The summed E-state index contributed by atoms with van der Waals surface area (Å²) in [7, 11) is 0. The Labute approximate surface area is 111 Å². The van der Waals surface area contributed by atoms with Crippen LogP contribution in [0.3, 0.4) is 0 Å². The van der Waals surface area contributed by atoms with Crippen molar-refractivity contribution in [3.8, 4) is 5.75 Å². The van der Waals surface area contributed by atoms with Crippen LogP contribution in [0.4, 0.5) is 0 Å². The van der Waals surface area contributed by atoms with E-state index < -0.39 is 11.9 Å². The molecule has 5 heteroatoms. The van der Waals surface area contributed by atoms with E-state index in [1.54, 1.807) is 0 Å². The first-order valence-corrected chi connectivity index (χ1v) is 6.32. The van der Waals surface area contributed by atoms with Gasteiger partial charge in [0.1, 0.15) is 5.75 Å². The lowest BCUT2D eigenvalue weighted by Crippen LogP contribution is -2.54. The van der Waals surface area contributed by atoms with Crippen LogP contribution in [0.2, 0.25) is 0 Å². The lowest BCUT2D eigenvalue weighted by molar-refractivity contribution is -0.153. The number of aryl methyl sites for hydroxylation is 1. The van der Waals surface area contributed by atoms with Gasteiger partial charge in [-0.25, -0.2) is 0 Å². The van der Waals surface area contributed by atoms with Crippen molar-refractivity contribution in [2.24, 2.45) is 5.92 Å². The minimum absolute atomic E-state index is 0.0438. The fourth-order valence-corrected chi connectivity index (χ4v) is 1.90. The average molecular weight is 263 g/mol. The summed E-state index contributed by atoms with van der Waals surface area (Å²) in [6.07, 6.45) is 0.962. The number of nitrogens with zero attached hydrogens (tertiary/aromatic N) is 1. The Morgan fingerprint density at radius 3 is 2.47 bits per heavy atom. The van der Waals surface area contributed by atoms with Crippen LogP contribution in [-0.4, -0.2) is 41.6 Å². The molecule has 1 aliphatic rings. The average Bonchev–Trinajstić information content (AvgIpc) is 2.34. The normalized spacial score (nSPS) is 14.9. The van der Waals surface area contributed by atoms with Crippen LogP contribution >= 0.6 is 0 Å². The van der Waals surface area contributed by atoms with Crippen molar-refractivity contribution in [2.45, 2.75) is 13.3 Å². The van der Waals surface area contributed by atoms with Gasteiger partial charge in [-0.05, 0) is 24.1 Å². The zero-order valence-corrected chi connectivity index (χ0v) is 10.8. The summed E-state index contributed by atoms with van der Waals surface area (Å²) in [4.78, 5) is 23.8. The molecule has 1 saturated heterocycles. The van der Waals surface area contributed by atoms with E-state index in [0.717, 1.165) is 6.42 Å². The van der Waals surface area contributed by atoms with Gasteiger partial charge in [0.2, 0.25) is 0 Å². The highest BCUT2D eigenvalue weighted by atomic mass is 16.5. The third kappa shape index (κ3) is 3.24. The molecule has 1 aliphatic heterocycles. The molecule has 1 fully saturated rings. The number of rotatable bonds is 5. The van der Waals surface area contributed by atoms with E-state index in [-0.39, 0.29) is 25.6 Å². The van der Waals surface area contributed by atoms with E-state index in [4.69, 9.17) is 9.84 Å². The lowest BCUT2D eigenvalue weighted by Gasteiger charge is -2.36. The molecule has 19 heavy (non-hydrogen) atoms. The molecule has 1 N–H and O–H groups in total. The number of carbonyl (C=O) groups excluding carboxylic acids is 1. The molecule has 1 heterocycles. The lowest BCUT2D eigenvalue weighted by atomic mass is 10.0. The molecular formula is C14H17NO4. The van der Waals surface area contributed by atoms with Crippen LogP contribution in [0.5, 0.6) is 5.75 Å². The number of ether oxygens (including phenoxy) is 1. The van der Waals surface area contributed by atoms with Crippen molar-refractivity contribution in [2.75, 3.05) is 19.7 Å². The minimum Gasteiger partial charge on any atom is -0.484 e. The standard InChI is InChI=1S/C14H17NO4/c1-2-10-3-5-12(6-4-10)19-9-13(16)15-7-11(8-15)14(17)18/h3-6,11H,2,7-9H2,1H3,(H,17,18). The number of hydrogen-bond donors (Lipinski definition) is 1. The van der Waals surface area contributed by atoms with Crippen LogP contribution in [0.25, 0.3) is 0 Å². The predicted molar refractivity (Wildman–Crippen MR) is 69.0 cm³/mol. The molecular weight excluding hydrogens is 246 g/mol. The van der Waals surface area contributed by atoms with E-state index >= 15 is 0 Å². The molecule has 5 nitrogen and oxygen atoms in total. The van der Waals surface area contributed by atoms with Crippen molar-refractivity contribution in [1.82, 2.24) is 4.90 Å². The highest BCUT2D eigenvalue weighted by Crippen LogP contribution is 2.17. The van der Waals surface area contributed by atoms with Crippen LogP contribution in [0, 0.1) is 5.92 Å². The summed E-state index contributed by atoms with van der Waals surface area (Å²) in [5, 5.41) is 8.72. The summed E-state index contributed by atoms with van der Waals surface area (Å²) in [6.45, 7) is 2.60. The minimum atomic E-state index is -0.847. The number of benzene rings is 1. The van der Waals surface area contributed by atoms with Gasteiger partial charge in [0.25, 0.3) is 5.91 Å². The topological polar surface area (TPSA) is 66.8 Å². The van der Waals surface area contributed by atoms with Crippen molar-refractivity contribution >= 4 is 11.9 Å². The number of amides is 1. The van der Waals surface area contributed by atoms with Crippen molar-refractivity contribution < 1.29 is 19.4 Å². The van der Waals surface area contributed by atoms with Crippen molar-refractivity contribution in [1.29, 1.82) is 0 Å². The van der Waals surface area contributed by atoms with Gasteiger partial charge in [-0.15, -0.1) is 0 Å². The SMILES string of the molecule is CCc1ccc(OCC(=O)N2CC(C(=O)O)C2)cc1. The molecule has 102 valence electrons. The molecule has 0 bridgehead atoms. The molecule has 0 atom stereocenters. The zero-order valence-electron chi connectivity index (χ0n) is 10.8. The molecule has 1 aromatic rings. The van der Waals surface area contributed by atoms with Crippen LogP contribution in [0.15, 0.2) is 24.3 Å². The third-order valence-electron chi connectivity index (χ3n) is 3.28. The fraction of sp³-hybridized carbons (Fsp3) is 0.429. The van der Waals surface area contributed by atoms with Gasteiger partial charge < -0.3 is 14.7 Å². The van der Waals surface area contributed by atoms with Gasteiger partial charge in [-0.2, -0.15) is 0 Å². The summed E-state index contributed by atoms with van der Waals surface area (Å²) in [5.41, 5.74) is 1.21. The summed E-state index contributed by atoms with van der Waals surface area (Å²) >= 11 is 0. The summed E-state index contributed by atoms with van der Waals surface area (Å²) in [6, 6.07) is 7.60. The first-order chi connectivity index (χ1) is 9.10. The first kappa shape index (κ1) is 13.4. The Balaban J connectivity index is 1.76. The zero-order chi connectivity index (χ0) is 13.8. The molecule has 0 aliphatic carbocycles. The van der Waals surface area contributed by atoms with Crippen LogP contribution < -0.4 is 4.74 Å². The number of carbonyl (C=O) groups is 2. The quantitative estimate of drug-likeness (QED) is 0.866. The molecule has 0 spiro atoms. The van der Waals surface area contributed by atoms with E-state index in [1.807, 2.05) is 24.3 Å². The maximum Gasteiger partial charge on any atom is 0.310 e. The molecule has 0 saturated carbocycles. The number of aliphatic carboxylic acids is 1. The number of carboxylic acid groups (broad SMARTS) is 1. The second-order valence-corrected chi connectivity index (χ2v) is 4.62. The van der Waals surface area contributed by atoms with E-state index in [9.17, 15) is 9.59 Å². The first-order valence-electron chi connectivity index (χ1n) is 6.32. The van der Waals surface area contributed by atoms with E-state index in [2.05, 4.69) is 6.92 Å². The van der Waals surface area contributed by atoms with Gasteiger partial charge >= 0.3 is 5.97 Å². The Kier molecular flexibility index (Phi) is 4.04. The second kappa shape index (κ2) is 5.73. The molecule has 1 aromatic carbocycles. The smallest absolute Gasteiger partial charge is 0.310 e. The van der Waals surface area contributed by atoms with Crippen molar-refractivity contribution in [3.05, 3.63) is 29.8 Å². The maximum absolute atomic E-state index is 11.7. The fourth-order valence-electron chi connectivity index (χ4n) is 1.90. The third-order valence-corrected chi connectivity index (χ3v) is 3.28. The maximum atomic E-state index is 11.7. The Bertz CT molecular complexity index is 463. The highest BCUT2D eigenvalue weighted by Gasteiger charge is 2.35. The van der Waals surface area contributed by atoms with Crippen molar-refractivity contribution in [3.63, 3.8) is 0 Å². The summed E-state index contributed by atoms with van der Waals surface area (Å²) < 4.78 is 5.38. The molecule has 0 aromatic heterocycles. The number of carboxylic acids is 1. The molecule has 1 amide bonds. The van der Waals surface area contributed by atoms with Gasteiger partial charge in [0, 0.05) is 13.1 Å². The van der Waals surface area contributed by atoms with E-state index in [1.165, 1.54) is 10.5 Å². The van der Waals surface area contributed by atoms with Gasteiger partial charge in [0.15, 0.2) is 6.61 Å². The summed E-state index contributed by atoms with van der Waals surface area (Å²) in [5.74, 6) is -0.786. The Morgan fingerprint density at radius 2 is 1.95 bits per heavy atom. The van der Waals surface area contributed by atoms with Crippen LogP contribution in [-0.2, 0) is 16.0 Å². The molecule has 0 radical (unpaired) electrons. The monoisotopic (exact) mass is 263 g/mol. The highest BCUT2D eigenvalue weighted by molar-refractivity contribution is 5.82. The van der Waals surface area contributed by atoms with Gasteiger partial charge in [-0.1, -0.05) is 19.1 Å². The van der Waals surface area contributed by atoms with Gasteiger partial charge in [-0.3, -0.25) is 9.59 Å². The van der Waals surface area contributed by atoms with E-state index in [0.29, 0.717) is 5.75 Å². The number of likely N-dealkylation sites (tertiary alicyclic amines) is 1. The largest absolute Gasteiger partial charge is 0.484 e. The van der Waals surface area contributed by atoms with Crippen LogP contribution in [0.1, 0.15) is 12.5 Å². The molecule has 0 unspecified atom stereocenters.